The van der Waals surface area contributed by atoms with E-state index in [9.17, 15) is 19.6 Å². The molecule has 5 aliphatic rings. The summed E-state index contributed by atoms with van der Waals surface area (Å²) in [4.78, 5) is 53.8. The molecular formula is C44H56N8O6S. The molecule has 4 aliphatic heterocycles. The number of thiazole rings is 1. The van der Waals surface area contributed by atoms with Crippen molar-refractivity contribution >= 4 is 45.7 Å². The van der Waals surface area contributed by atoms with Crippen molar-refractivity contribution in [1.82, 2.24) is 35.3 Å². The van der Waals surface area contributed by atoms with Gasteiger partial charge in [0.1, 0.15) is 12.1 Å². The van der Waals surface area contributed by atoms with Crippen LogP contribution in [0.3, 0.4) is 0 Å². The van der Waals surface area contributed by atoms with Gasteiger partial charge in [0.15, 0.2) is 0 Å². The van der Waals surface area contributed by atoms with E-state index in [1.54, 1.807) is 7.11 Å². The van der Waals surface area contributed by atoms with Crippen LogP contribution in [0.4, 0.5) is 5.69 Å². The molecule has 1 aromatic carbocycles. The van der Waals surface area contributed by atoms with Crippen LogP contribution >= 0.6 is 11.3 Å². The Hall–Kier alpha value is -4.41. The number of amides is 2. The van der Waals surface area contributed by atoms with E-state index in [4.69, 9.17) is 19.4 Å². The maximum absolute atomic E-state index is 14.2. The van der Waals surface area contributed by atoms with Gasteiger partial charge >= 0.3 is 5.97 Å². The van der Waals surface area contributed by atoms with Crippen LogP contribution in [0.2, 0.25) is 0 Å². The molecule has 59 heavy (non-hydrogen) atoms. The zero-order valence-corrected chi connectivity index (χ0v) is 35.6. The highest BCUT2D eigenvalue weighted by Gasteiger charge is 2.42. The summed E-state index contributed by atoms with van der Waals surface area (Å²) in [5.41, 5.74) is 12.1. The van der Waals surface area contributed by atoms with Gasteiger partial charge in [0.05, 0.1) is 52.2 Å². The third-order valence-electron chi connectivity index (χ3n) is 13.0. The smallest absolute Gasteiger partial charge is 0.324 e. The summed E-state index contributed by atoms with van der Waals surface area (Å²) in [6.45, 7) is 12.3. The van der Waals surface area contributed by atoms with Gasteiger partial charge in [-0.2, -0.15) is 5.06 Å². The molecule has 3 fully saturated rings. The van der Waals surface area contributed by atoms with E-state index in [2.05, 4.69) is 57.6 Å². The number of anilines is 1. The Morgan fingerprint density at radius 1 is 1.12 bits per heavy atom. The summed E-state index contributed by atoms with van der Waals surface area (Å²) in [6, 6.07) is 5.26. The van der Waals surface area contributed by atoms with E-state index < -0.39 is 23.5 Å². The number of pyridine rings is 1. The first kappa shape index (κ1) is 40.0. The summed E-state index contributed by atoms with van der Waals surface area (Å²) in [6.07, 6.45) is 6.37. The number of hydroxylamine groups is 2. The number of hydrazine groups is 1. The van der Waals surface area contributed by atoms with Gasteiger partial charge < -0.3 is 29.5 Å². The highest BCUT2D eigenvalue weighted by Crippen LogP contribution is 2.46. The monoisotopic (exact) mass is 824 g/mol. The minimum atomic E-state index is -0.832. The number of benzene rings is 1. The first-order chi connectivity index (χ1) is 28.4. The Labute approximate surface area is 349 Å². The molecule has 5 atom stereocenters. The molecule has 2 amide bonds. The lowest BCUT2D eigenvalue weighted by atomic mass is 9.84. The molecule has 2 saturated heterocycles. The number of hydrogen-bond acceptors (Lipinski definition) is 12. The molecule has 6 bridgehead atoms. The van der Waals surface area contributed by atoms with Gasteiger partial charge in [-0.3, -0.25) is 24.4 Å². The molecule has 1 saturated carbocycles. The topological polar surface area (TPSA) is 154 Å². The predicted molar refractivity (Wildman–Crippen MR) is 225 cm³/mol. The Balaban J connectivity index is 1.19. The van der Waals surface area contributed by atoms with E-state index in [-0.39, 0.29) is 36.9 Å². The second kappa shape index (κ2) is 15.9. The molecule has 3 N–H and O–H groups in total. The molecule has 4 aromatic rings. The summed E-state index contributed by atoms with van der Waals surface area (Å²) < 4.78 is 14.6. The van der Waals surface area contributed by atoms with Crippen molar-refractivity contribution in [1.29, 1.82) is 0 Å². The normalized spacial score (nSPS) is 25.4. The largest absolute Gasteiger partial charge is 0.464 e. The van der Waals surface area contributed by atoms with Gasteiger partial charge in [-0.15, -0.1) is 11.3 Å². The molecule has 7 heterocycles. The lowest BCUT2D eigenvalue weighted by molar-refractivity contribution is -0.155. The highest BCUT2D eigenvalue weighted by molar-refractivity contribution is 7.10. The van der Waals surface area contributed by atoms with E-state index in [1.807, 2.05) is 20.0 Å². The quantitative estimate of drug-likeness (QED) is 0.217. The predicted octanol–water partition coefficient (Wildman–Crippen LogP) is 5.30. The van der Waals surface area contributed by atoms with Crippen molar-refractivity contribution in [2.24, 2.45) is 17.3 Å². The van der Waals surface area contributed by atoms with Crippen molar-refractivity contribution in [3.63, 3.8) is 0 Å². The van der Waals surface area contributed by atoms with Gasteiger partial charge in [-0.05, 0) is 80.7 Å². The summed E-state index contributed by atoms with van der Waals surface area (Å²) in [5.74, 6) is -0.583. The van der Waals surface area contributed by atoms with E-state index >= 15 is 0 Å². The number of rotatable bonds is 6. The second-order valence-electron chi connectivity index (χ2n) is 18.0. The molecule has 0 unspecified atom stereocenters. The standard InChI is InChI=1S/C44H56N8O6S/c1-25-16-30(25)41(53)47-35-20-37-46-36(23-59-37)28-17-27-8-6-10-51-39(27)31(18-28)33(21-44(3,4)24-58-43(55)34-9-7-11-52(48-34)42(35)54)40(51)32-19-29(22-45-38(32)26(2)57-5)49-12-14-50(56)15-13-49/h17-19,22-23,25-26,30,34-35,48,56H,6-16,20-21,24H2,1-5H3,(H,47,53)/t25-,26-,30-,34-,35-/m0/s1. The van der Waals surface area contributed by atoms with Crippen LogP contribution in [0, 0.1) is 17.3 Å². The highest BCUT2D eigenvalue weighted by atomic mass is 32.1. The maximum atomic E-state index is 14.2. The number of esters is 1. The van der Waals surface area contributed by atoms with Gasteiger partial charge in [-0.25, -0.2) is 10.4 Å². The number of cyclic esters (lactones) is 1. The molecule has 1 aliphatic carbocycles. The van der Waals surface area contributed by atoms with Crippen molar-refractivity contribution in [3.8, 4) is 22.5 Å². The lowest BCUT2D eigenvalue weighted by Gasteiger charge is -2.35. The Bertz CT molecular complexity index is 2280. The molecule has 3 aromatic heterocycles. The van der Waals surface area contributed by atoms with E-state index in [0.29, 0.717) is 57.9 Å². The van der Waals surface area contributed by atoms with Crippen LogP contribution in [0.25, 0.3) is 33.4 Å². The van der Waals surface area contributed by atoms with E-state index in [0.717, 1.165) is 75.7 Å². The summed E-state index contributed by atoms with van der Waals surface area (Å²) in [7, 11) is 1.72. The fourth-order valence-corrected chi connectivity index (χ4v) is 10.3. The zero-order chi connectivity index (χ0) is 41.2. The van der Waals surface area contributed by atoms with Crippen LogP contribution in [0.5, 0.6) is 0 Å². The van der Waals surface area contributed by atoms with Gasteiger partial charge in [0, 0.05) is 86.0 Å². The lowest BCUT2D eigenvalue weighted by Crippen LogP contribution is -2.60. The van der Waals surface area contributed by atoms with Crippen molar-refractivity contribution < 1.29 is 29.1 Å². The minimum absolute atomic E-state index is 0.0952. The van der Waals surface area contributed by atoms with Gasteiger partial charge in [0.2, 0.25) is 5.91 Å². The summed E-state index contributed by atoms with van der Waals surface area (Å²) >= 11 is 1.50. The fourth-order valence-electron chi connectivity index (χ4n) is 9.42. The molecule has 9 rings (SSSR count). The third-order valence-corrected chi connectivity index (χ3v) is 13.8. The number of nitrogens with zero attached hydrogens (tertiary/aromatic N) is 6. The number of fused-ring (bicyclic) bond motifs is 6. The fraction of sp³-hybridized carbons (Fsp3) is 0.568. The molecule has 0 spiro atoms. The number of methoxy groups -OCH3 is 1. The number of hydrogen-bond donors (Lipinski definition) is 3. The zero-order valence-electron chi connectivity index (χ0n) is 34.8. The molecular weight excluding hydrogens is 769 g/mol. The van der Waals surface area contributed by atoms with Crippen molar-refractivity contribution in [3.05, 3.63) is 51.6 Å². The van der Waals surface area contributed by atoms with E-state index in [1.165, 1.54) is 32.5 Å². The summed E-state index contributed by atoms with van der Waals surface area (Å²) in [5, 5.41) is 20.0. The number of ether oxygens (including phenoxy) is 2. The number of carbonyl (C=O) groups is 3. The van der Waals surface area contributed by atoms with Crippen LogP contribution in [-0.2, 0) is 49.7 Å². The molecule has 0 radical (unpaired) electrons. The number of nitrogens with one attached hydrogen (secondary N) is 2. The minimum Gasteiger partial charge on any atom is -0.464 e. The second-order valence-corrected chi connectivity index (χ2v) is 19.0. The number of piperazine rings is 1. The SMILES string of the molecule is CO[C@@H](C)c1ncc(N2CCN(O)CC2)cc1-c1c2c3cc(cc4c3n1CCC4)-c1csc(n1)C[C@H](NC(=O)[C@H]1C[C@@H]1C)C(=O)N1CCC[C@H](N1)C(=O)OCC(C)(C)C2. The first-order valence-electron chi connectivity index (χ1n) is 21.3. The van der Waals surface area contributed by atoms with Gasteiger partial charge in [0.25, 0.3) is 5.91 Å². The maximum Gasteiger partial charge on any atom is 0.324 e. The number of carbonyl (C=O) groups excluding carboxylic acids is 3. The van der Waals surface area contributed by atoms with Crippen molar-refractivity contribution in [2.75, 3.05) is 51.3 Å². The van der Waals surface area contributed by atoms with Crippen LogP contribution in [0.1, 0.15) is 81.3 Å². The van der Waals surface area contributed by atoms with Gasteiger partial charge in [-0.1, -0.05) is 20.8 Å². The van der Waals surface area contributed by atoms with Crippen LogP contribution in [-0.4, -0.2) is 106 Å². The average Bonchev–Trinajstić information content (AvgIpc) is 3.66. The Morgan fingerprint density at radius 3 is 2.68 bits per heavy atom. The van der Waals surface area contributed by atoms with Crippen LogP contribution in [0.15, 0.2) is 29.8 Å². The van der Waals surface area contributed by atoms with Crippen molar-refractivity contribution in [2.45, 2.75) is 97.4 Å². The Kier molecular flexibility index (Phi) is 10.8. The average molecular weight is 825 g/mol. The number of aryl methyl sites for hydroxylation is 2. The first-order valence-corrected chi connectivity index (χ1v) is 22.1. The number of aromatic nitrogens is 3. The molecule has 15 heteroatoms. The molecule has 314 valence electrons. The van der Waals surface area contributed by atoms with Crippen LogP contribution < -0.4 is 15.6 Å². The molecule has 14 nitrogen and oxygen atoms in total. The third kappa shape index (κ3) is 7.87. The Morgan fingerprint density at radius 2 is 1.92 bits per heavy atom.